The van der Waals surface area contributed by atoms with Crippen molar-refractivity contribution in [3.63, 3.8) is 0 Å². The van der Waals surface area contributed by atoms with Crippen molar-refractivity contribution in [2.24, 2.45) is 0 Å². The van der Waals surface area contributed by atoms with Crippen LogP contribution in [0, 0.1) is 0 Å². The number of nitrogens with one attached hydrogen (secondary N) is 2. The van der Waals surface area contributed by atoms with E-state index in [-0.39, 0.29) is 5.91 Å². The molecule has 0 bridgehead atoms. The number of carbonyl (C=O) groups excluding carboxylic acids is 1. The van der Waals surface area contributed by atoms with E-state index in [9.17, 15) is 4.79 Å². The number of H-pyrrole nitrogens is 1. The summed E-state index contributed by atoms with van der Waals surface area (Å²) >= 11 is 1.60. The summed E-state index contributed by atoms with van der Waals surface area (Å²) in [5.74, 6) is 0.411. The molecule has 2 N–H and O–H groups in total. The Morgan fingerprint density at radius 3 is 2.70 bits per heavy atom. The van der Waals surface area contributed by atoms with Gasteiger partial charge in [0.15, 0.2) is 0 Å². The third kappa shape index (κ3) is 3.31. The van der Waals surface area contributed by atoms with E-state index in [0.29, 0.717) is 17.9 Å². The van der Waals surface area contributed by atoms with E-state index in [4.69, 9.17) is 4.74 Å². The third-order valence-corrected chi connectivity index (χ3v) is 6.14. The molecule has 148 valence electrons. The molecule has 2 aromatic heterocycles. The lowest BCUT2D eigenvalue weighted by Crippen LogP contribution is -2.22. The standard InChI is InChI=1S/C24H19N3O2S/c1-29-21-9-5-4-8-19(21)23(28)25-14-18-13-20-22(26-27-24(20)30-18)17-11-10-15-6-2-3-7-16(15)12-17/h2-13H,14H2,1H3,(H,25,28)(H,26,27). The Balaban J connectivity index is 1.39. The summed E-state index contributed by atoms with van der Waals surface area (Å²) < 4.78 is 5.28. The maximum atomic E-state index is 12.6. The van der Waals surface area contributed by atoms with E-state index in [1.54, 1.807) is 30.6 Å². The van der Waals surface area contributed by atoms with Crippen LogP contribution in [0.1, 0.15) is 15.2 Å². The Labute approximate surface area is 177 Å². The number of hydrogen-bond donors (Lipinski definition) is 2. The minimum absolute atomic E-state index is 0.155. The van der Waals surface area contributed by atoms with E-state index >= 15 is 0 Å². The Bertz CT molecular complexity index is 1370. The molecule has 0 atom stereocenters. The van der Waals surface area contributed by atoms with Gasteiger partial charge in [-0.1, -0.05) is 48.5 Å². The molecule has 6 heteroatoms. The van der Waals surface area contributed by atoms with Gasteiger partial charge in [0.1, 0.15) is 16.3 Å². The zero-order valence-electron chi connectivity index (χ0n) is 16.3. The average Bonchev–Trinajstić information content (AvgIpc) is 3.37. The molecule has 0 aliphatic carbocycles. The average molecular weight is 414 g/mol. The SMILES string of the molecule is COc1ccccc1C(=O)NCc1cc2c(-c3ccc4ccccc4c3)n[nH]c2s1. The Morgan fingerprint density at radius 2 is 1.83 bits per heavy atom. The first-order chi connectivity index (χ1) is 14.7. The van der Waals surface area contributed by atoms with Gasteiger partial charge < -0.3 is 10.1 Å². The molecule has 0 saturated carbocycles. The van der Waals surface area contributed by atoms with Crippen LogP contribution in [0.5, 0.6) is 5.75 Å². The molecule has 0 unspecified atom stereocenters. The van der Waals surface area contributed by atoms with Gasteiger partial charge in [0, 0.05) is 15.8 Å². The van der Waals surface area contributed by atoms with Crippen LogP contribution in [0.2, 0.25) is 0 Å². The lowest BCUT2D eigenvalue weighted by molar-refractivity contribution is 0.0948. The van der Waals surface area contributed by atoms with Gasteiger partial charge in [-0.15, -0.1) is 11.3 Å². The van der Waals surface area contributed by atoms with Gasteiger partial charge in [0.2, 0.25) is 0 Å². The highest BCUT2D eigenvalue weighted by molar-refractivity contribution is 7.18. The van der Waals surface area contributed by atoms with E-state index in [1.807, 2.05) is 24.3 Å². The molecule has 3 aromatic carbocycles. The number of fused-ring (bicyclic) bond motifs is 2. The molecule has 30 heavy (non-hydrogen) atoms. The fraction of sp³-hybridized carbons (Fsp3) is 0.0833. The summed E-state index contributed by atoms with van der Waals surface area (Å²) in [4.78, 5) is 14.6. The van der Waals surface area contributed by atoms with Crippen molar-refractivity contribution < 1.29 is 9.53 Å². The molecule has 0 fully saturated rings. The second-order valence-corrected chi connectivity index (χ2v) is 8.11. The lowest BCUT2D eigenvalue weighted by Gasteiger charge is -2.08. The first-order valence-corrected chi connectivity index (χ1v) is 10.4. The van der Waals surface area contributed by atoms with E-state index < -0.39 is 0 Å². The smallest absolute Gasteiger partial charge is 0.255 e. The molecule has 0 aliphatic heterocycles. The number of benzene rings is 3. The zero-order valence-corrected chi connectivity index (χ0v) is 17.1. The molecule has 0 saturated heterocycles. The predicted octanol–water partition coefficient (Wildman–Crippen LogP) is 5.38. The largest absolute Gasteiger partial charge is 0.496 e. The first kappa shape index (κ1) is 18.4. The number of thiophene rings is 1. The summed E-state index contributed by atoms with van der Waals surface area (Å²) in [6.45, 7) is 0.446. The number of aromatic nitrogens is 2. The molecule has 5 nitrogen and oxygen atoms in total. The maximum absolute atomic E-state index is 12.6. The number of hydrogen-bond acceptors (Lipinski definition) is 4. The third-order valence-electron chi connectivity index (χ3n) is 5.11. The Hall–Kier alpha value is -3.64. The predicted molar refractivity (Wildman–Crippen MR) is 121 cm³/mol. The van der Waals surface area contributed by atoms with E-state index in [0.717, 1.165) is 26.4 Å². The number of para-hydroxylation sites is 1. The highest BCUT2D eigenvalue weighted by atomic mass is 32.1. The number of amides is 1. The van der Waals surface area contributed by atoms with Crippen molar-refractivity contribution >= 4 is 38.2 Å². The second-order valence-electron chi connectivity index (χ2n) is 6.97. The van der Waals surface area contributed by atoms with Crippen LogP contribution in [0.25, 0.3) is 32.2 Å². The Morgan fingerprint density at radius 1 is 1.03 bits per heavy atom. The number of aromatic amines is 1. The van der Waals surface area contributed by atoms with Gasteiger partial charge in [0.05, 0.1) is 19.2 Å². The summed E-state index contributed by atoms with van der Waals surface area (Å²) in [6.07, 6.45) is 0. The van der Waals surface area contributed by atoms with Crippen molar-refractivity contribution in [3.8, 4) is 17.0 Å². The van der Waals surface area contributed by atoms with Crippen LogP contribution in [0.3, 0.4) is 0 Å². The van der Waals surface area contributed by atoms with Crippen molar-refractivity contribution in [2.75, 3.05) is 7.11 Å². The minimum atomic E-state index is -0.155. The number of ether oxygens (including phenoxy) is 1. The van der Waals surface area contributed by atoms with Gasteiger partial charge in [-0.25, -0.2) is 0 Å². The van der Waals surface area contributed by atoms with Crippen molar-refractivity contribution in [3.05, 3.63) is 83.2 Å². The van der Waals surface area contributed by atoms with Gasteiger partial charge in [0.25, 0.3) is 5.91 Å². The van der Waals surface area contributed by atoms with Crippen LogP contribution in [0.4, 0.5) is 0 Å². The minimum Gasteiger partial charge on any atom is -0.496 e. The molecular formula is C24H19N3O2S. The number of methoxy groups -OCH3 is 1. The molecule has 5 rings (SSSR count). The fourth-order valence-corrected chi connectivity index (χ4v) is 4.55. The molecule has 2 heterocycles. The first-order valence-electron chi connectivity index (χ1n) is 9.60. The Kier molecular flexibility index (Phi) is 4.69. The van der Waals surface area contributed by atoms with Gasteiger partial charge in [-0.05, 0) is 35.0 Å². The molecule has 5 aromatic rings. The number of carbonyl (C=O) groups is 1. The molecule has 1 amide bonds. The summed E-state index contributed by atoms with van der Waals surface area (Å²) in [7, 11) is 1.56. The summed E-state index contributed by atoms with van der Waals surface area (Å²) in [6, 6.07) is 24.0. The maximum Gasteiger partial charge on any atom is 0.255 e. The second kappa shape index (κ2) is 7.65. The van der Waals surface area contributed by atoms with Crippen LogP contribution < -0.4 is 10.1 Å². The van der Waals surface area contributed by atoms with E-state index in [1.165, 1.54) is 10.8 Å². The van der Waals surface area contributed by atoms with Gasteiger partial charge in [-0.3, -0.25) is 9.89 Å². The normalized spacial score (nSPS) is 11.1. The van der Waals surface area contributed by atoms with Crippen molar-refractivity contribution in [2.45, 2.75) is 6.54 Å². The molecule has 0 radical (unpaired) electrons. The monoisotopic (exact) mass is 413 g/mol. The van der Waals surface area contributed by atoms with Crippen LogP contribution in [0.15, 0.2) is 72.8 Å². The van der Waals surface area contributed by atoms with Gasteiger partial charge >= 0.3 is 0 Å². The number of rotatable bonds is 5. The quantitative estimate of drug-likeness (QED) is 0.406. The molecule has 0 aliphatic rings. The van der Waals surface area contributed by atoms with Crippen molar-refractivity contribution in [1.29, 1.82) is 0 Å². The molecule has 0 spiro atoms. The summed E-state index contributed by atoms with van der Waals surface area (Å²) in [5, 5.41) is 14.1. The topological polar surface area (TPSA) is 67.0 Å². The zero-order chi connectivity index (χ0) is 20.5. The number of nitrogens with zero attached hydrogens (tertiary/aromatic N) is 1. The fourth-order valence-electron chi connectivity index (χ4n) is 3.61. The molecular weight excluding hydrogens is 394 g/mol. The van der Waals surface area contributed by atoms with Crippen LogP contribution in [-0.2, 0) is 6.54 Å². The van der Waals surface area contributed by atoms with Gasteiger partial charge in [-0.2, -0.15) is 5.10 Å². The van der Waals surface area contributed by atoms with Crippen molar-refractivity contribution in [1.82, 2.24) is 15.5 Å². The lowest BCUT2D eigenvalue weighted by atomic mass is 10.0. The summed E-state index contributed by atoms with van der Waals surface area (Å²) in [5.41, 5.74) is 2.53. The van der Waals surface area contributed by atoms with Crippen LogP contribution in [-0.4, -0.2) is 23.2 Å². The highest BCUT2D eigenvalue weighted by Crippen LogP contribution is 2.33. The highest BCUT2D eigenvalue weighted by Gasteiger charge is 2.15. The van der Waals surface area contributed by atoms with Crippen LogP contribution >= 0.6 is 11.3 Å². The van der Waals surface area contributed by atoms with E-state index in [2.05, 4.69) is 51.9 Å².